The van der Waals surface area contributed by atoms with E-state index < -0.39 is 0 Å². The van der Waals surface area contributed by atoms with Gasteiger partial charge in [-0.15, -0.1) is 0 Å². The van der Waals surface area contributed by atoms with E-state index in [0.29, 0.717) is 0 Å². The minimum absolute atomic E-state index is 0.768. The van der Waals surface area contributed by atoms with Crippen molar-refractivity contribution in [3.63, 3.8) is 0 Å². The Hall–Kier alpha value is -0.0600. The van der Waals surface area contributed by atoms with Crippen LogP contribution >= 0.6 is 35.8 Å². The molecule has 0 bridgehead atoms. The number of H-pyrrole nitrogens is 1. The predicted octanol–water partition coefficient (Wildman–Crippen LogP) is 3.10. The summed E-state index contributed by atoms with van der Waals surface area (Å²) in [6.45, 7) is 2.07. The fourth-order valence-corrected chi connectivity index (χ4v) is 2.16. The number of aryl methyl sites for hydroxylation is 1. The SMILES string of the molecule is CCc1cc(=S)sc(=S)[nH]1. The van der Waals surface area contributed by atoms with Gasteiger partial charge in [-0.3, -0.25) is 0 Å². The summed E-state index contributed by atoms with van der Waals surface area (Å²) in [4.78, 5) is 3.06. The largest absolute Gasteiger partial charge is 0.342 e. The van der Waals surface area contributed by atoms with Crippen LogP contribution in [0.1, 0.15) is 12.6 Å². The molecular weight excluding hydrogens is 182 g/mol. The lowest BCUT2D eigenvalue weighted by atomic mass is 10.3. The Morgan fingerprint density at radius 2 is 2.30 bits per heavy atom. The molecule has 1 heterocycles. The van der Waals surface area contributed by atoms with Crippen molar-refractivity contribution in [3.8, 4) is 0 Å². The van der Waals surface area contributed by atoms with Crippen LogP contribution in [0.15, 0.2) is 6.07 Å². The molecule has 0 aliphatic heterocycles. The van der Waals surface area contributed by atoms with Gasteiger partial charge >= 0.3 is 0 Å². The molecule has 10 heavy (non-hydrogen) atoms. The second-order valence-corrected chi connectivity index (χ2v) is 4.27. The minimum Gasteiger partial charge on any atom is -0.342 e. The molecular formula is C6H7NS3. The number of aromatic nitrogens is 1. The second kappa shape index (κ2) is 3.37. The molecule has 1 rings (SSSR count). The first kappa shape index (κ1) is 8.04. The van der Waals surface area contributed by atoms with Gasteiger partial charge in [0.1, 0.15) is 0 Å². The second-order valence-electron chi connectivity index (χ2n) is 1.86. The van der Waals surface area contributed by atoms with Crippen molar-refractivity contribution < 1.29 is 0 Å². The van der Waals surface area contributed by atoms with Gasteiger partial charge in [0.05, 0.1) is 3.82 Å². The Morgan fingerprint density at radius 1 is 1.60 bits per heavy atom. The zero-order valence-electron chi connectivity index (χ0n) is 5.51. The van der Waals surface area contributed by atoms with E-state index in [1.807, 2.05) is 6.07 Å². The van der Waals surface area contributed by atoms with E-state index in [-0.39, 0.29) is 0 Å². The van der Waals surface area contributed by atoms with E-state index in [1.165, 1.54) is 11.3 Å². The molecule has 1 aromatic rings. The summed E-state index contributed by atoms with van der Waals surface area (Å²) in [6, 6.07) is 1.95. The summed E-state index contributed by atoms with van der Waals surface area (Å²) in [7, 11) is 0. The molecule has 0 unspecified atom stereocenters. The van der Waals surface area contributed by atoms with Gasteiger partial charge in [-0.25, -0.2) is 0 Å². The Kier molecular flexibility index (Phi) is 2.71. The van der Waals surface area contributed by atoms with Crippen LogP contribution in [0, 0.1) is 7.78 Å². The molecule has 1 nitrogen and oxygen atoms in total. The molecule has 0 aliphatic rings. The first-order valence-corrected chi connectivity index (χ1v) is 4.59. The molecule has 0 saturated heterocycles. The zero-order chi connectivity index (χ0) is 7.56. The fraction of sp³-hybridized carbons (Fsp3) is 0.333. The molecule has 0 fully saturated rings. The third-order valence-electron chi connectivity index (χ3n) is 1.13. The van der Waals surface area contributed by atoms with E-state index in [9.17, 15) is 0 Å². The maximum absolute atomic E-state index is 4.99. The number of nitrogens with one attached hydrogen (secondary N) is 1. The molecule has 54 valence electrons. The molecule has 0 aliphatic carbocycles. The lowest BCUT2D eigenvalue weighted by Gasteiger charge is -1.92. The summed E-state index contributed by atoms with van der Waals surface area (Å²) in [5, 5.41) is 0. The quantitative estimate of drug-likeness (QED) is 0.683. The van der Waals surface area contributed by atoms with E-state index in [1.54, 1.807) is 0 Å². The van der Waals surface area contributed by atoms with Crippen molar-refractivity contribution in [1.29, 1.82) is 0 Å². The molecule has 4 heteroatoms. The standard InChI is InChI=1S/C6H7NS3/c1-2-4-3-5(8)10-6(9)7-4/h3H,2H2,1H3,(H,7,9). The van der Waals surface area contributed by atoms with E-state index in [0.717, 1.165) is 19.9 Å². The highest BCUT2D eigenvalue weighted by molar-refractivity contribution is 7.75. The summed E-state index contributed by atoms with van der Waals surface area (Å²) >= 11 is 11.4. The van der Waals surface area contributed by atoms with Crippen molar-refractivity contribution in [2.24, 2.45) is 0 Å². The minimum atomic E-state index is 0.768. The van der Waals surface area contributed by atoms with Crippen molar-refractivity contribution in [3.05, 3.63) is 19.5 Å². The van der Waals surface area contributed by atoms with Gasteiger partial charge in [-0.2, -0.15) is 0 Å². The Morgan fingerprint density at radius 3 is 2.80 bits per heavy atom. The van der Waals surface area contributed by atoms with Crippen molar-refractivity contribution in [2.45, 2.75) is 13.3 Å². The Labute approximate surface area is 73.7 Å². The fourth-order valence-electron chi connectivity index (χ4n) is 0.646. The van der Waals surface area contributed by atoms with Crippen LogP contribution < -0.4 is 0 Å². The van der Waals surface area contributed by atoms with Gasteiger partial charge in [-0.1, -0.05) is 30.5 Å². The normalized spacial score (nSPS) is 9.70. The maximum atomic E-state index is 4.99. The van der Waals surface area contributed by atoms with Gasteiger partial charge in [0.15, 0.2) is 3.95 Å². The topological polar surface area (TPSA) is 15.8 Å². The van der Waals surface area contributed by atoms with E-state index in [2.05, 4.69) is 11.9 Å². The van der Waals surface area contributed by atoms with Crippen molar-refractivity contribution >= 4 is 35.8 Å². The molecule has 1 N–H and O–H groups in total. The Bertz CT molecular complexity index is 294. The predicted molar refractivity (Wildman–Crippen MR) is 49.7 cm³/mol. The van der Waals surface area contributed by atoms with Crippen LogP contribution in [0.5, 0.6) is 0 Å². The summed E-state index contributed by atoms with van der Waals surface area (Å²) in [6.07, 6.45) is 0.959. The smallest absolute Gasteiger partial charge is 0.159 e. The monoisotopic (exact) mass is 189 g/mol. The van der Waals surface area contributed by atoms with E-state index >= 15 is 0 Å². The summed E-state index contributed by atoms with van der Waals surface area (Å²) in [5.74, 6) is 0. The number of aromatic amines is 1. The third kappa shape index (κ3) is 1.97. The lowest BCUT2D eigenvalue weighted by Crippen LogP contribution is -1.83. The average Bonchev–Trinajstić information content (AvgIpc) is 1.85. The van der Waals surface area contributed by atoms with Crippen LogP contribution in [0.4, 0.5) is 0 Å². The van der Waals surface area contributed by atoms with Crippen LogP contribution in [-0.2, 0) is 6.42 Å². The van der Waals surface area contributed by atoms with Gasteiger partial charge in [0.25, 0.3) is 0 Å². The van der Waals surface area contributed by atoms with Gasteiger partial charge in [0.2, 0.25) is 0 Å². The highest BCUT2D eigenvalue weighted by atomic mass is 32.2. The molecule has 0 saturated carbocycles. The number of hydrogen-bond acceptors (Lipinski definition) is 3. The van der Waals surface area contributed by atoms with E-state index in [4.69, 9.17) is 24.4 Å². The van der Waals surface area contributed by atoms with Gasteiger partial charge in [0, 0.05) is 5.69 Å². The third-order valence-corrected chi connectivity index (χ3v) is 2.46. The van der Waals surface area contributed by atoms with Crippen LogP contribution in [-0.4, -0.2) is 4.98 Å². The maximum Gasteiger partial charge on any atom is 0.159 e. The number of hydrogen-bond donors (Lipinski definition) is 1. The Balaban J connectivity index is 3.33. The molecule has 0 amide bonds. The highest BCUT2D eigenvalue weighted by Crippen LogP contribution is 2.04. The summed E-state index contributed by atoms with van der Waals surface area (Å²) < 4.78 is 1.63. The molecule has 0 atom stereocenters. The van der Waals surface area contributed by atoms with Gasteiger partial charge < -0.3 is 4.98 Å². The van der Waals surface area contributed by atoms with Crippen LogP contribution in [0.3, 0.4) is 0 Å². The number of rotatable bonds is 1. The van der Waals surface area contributed by atoms with Crippen molar-refractivity contribution in [1.82, 2.24) is 4.98 Å². The summed E-state index contributed by atoms with van der Waals surface area (Å²) in [5.41, 5.74) is 1.12. The van der Waals surface area contributed by atoms with Gasteiger partial charge in [-0.05, 0) is 24.7 Å². The zero-order valence-corrected chi connectivity index (χ0v) is 7.96. The average molecular weight is 189 g/mol. The molecule has 0 aromatic carbocycles. The first-order chi connectivity index (χ1) is 4.72. The highest BCUT2D eigenvalue weighted by Gasteiger charge is 1.87. The van der Waals surface area contributed by atoms with Crippen LogP contribution in [0.25, 0.3) is 0 Å². The first-order valence-electron chi connectivity index (χ1n) is 2.95. The van der Waals surface area contributed by atoms with Crippen LogP contribution in [0.2, 0.25) is 0 Å². The molecule has 0 radical (unpaired) electrons. The molecule has 0 spiro atoms. The van der Waals surface area contributed by atoms with Crippen molar-refractivity contribution in [2.75, 3.05) is 0 Å². The lowest BCUT2D eigenvalue weighted by molar-refractivity contribution is 1.04. The molecule has 1 aromatic heterocycles.